The van der Waals surface area contributed by atoms with Crippen LogP contribution < -0.4 is 0 Å². The van der Waals surface area contributed by atoms with Gasteiger partial charge in [0.25, 0.3) is 0 Å². The number of carbonyl (C=O) groups excluding carboxylic acids is 1. The van der Waals surface area contributed by atoms with E-state index in [0.717, 1.165) is 0 Å². The zero-order valence-electron chi connectivity index (χ0n) is 8.45. The summed E-state index contributed by atoms with van der Waals surface area (Å²) in [6, 6.07) is 0. The molecule has 0 rings (SSSR count). The zero-order valence-corrected chi connectivity index (χ0v) is 9.27. The van der Waals surface area contributed by atoms with E-state index in [1.54, 1.807) is 6.92 Å². The largest absolute Gasteiger partial charge is 0.536 e. The van der Waals surface area contributed by atoms with Gasteiger partial charge >= 0.3 is 21.5 Å². The van der Waals surface area contributed by atoms with Crippen molar-refractivity contribution in [1.29, 1.82) is 0 Å². The third-order valence-corrected chi connectivity index (χ3v) is 2.63. The summed E-state index contributed by atoms with van der Waals surface area (Å²) in [5, 5.41) is 0. The van der Waals surface area contributed by atoms with Crippen LogP contribution >= 0.6 is 0 Å². The van der Waals surface area contributed by atoms with Crippen LogP contribution in [0.5, 0.6) is 0 Å². The molecule has 0 saturated carbocycles. The highest BCUT2D eigenvalue weighted by molar-refractivity contribution is 7.86. The summed E-state index contributed by atoms with van der Waals surface area (Å²) in [6.07, 6.45) is 0.188. The van der Waals surface area contributed by atoms with Gasteiger partial charge in [0.1, 0.15) is 0 Å². The van der Waals surface area contributed by atoms with Gasteiger partial charge in [-0.2, -0.15) is 8.42 Å². The molecule has 0 amide bonds. The van der Waals surface area contributed by atoms with E-state index in [2.05, 4.69) is 4.74 Å². The molecule has 90 valence electrons. The summed E-state index contributed by atoms with van der Waals surface area (Å²) in [7, 11) is -5.74. The van der Waals surface area contributed by atoms with Gasteiger partial charge in [-0.05, 0) is 20.3 Å². The molecule has 0 radical (unpaired) electrons. The number of esters is 1. The first kappa shape index (κ1) is 14.2. The molecule has 8 heteroatoms. The topological polar surface area (TPSA) is 80.7 Å². The molecular formula is C7H12F2O5S. The van der Waals surface area contributed by atoms with E-state index in [-0.39, 0.29) is 6.42 Å². The molecule has 0 aromatic rings. The van der Waals surface area contributed by atoms with Gasteiger partial charge in [-0.3, -0.25) is 9.35 Å². The van der Waals surface area contributed by atoms with Crippen molar-refractivity contribution < 1.29 is 31.3 Å². The van der Waals surface area contributed by atoms with Crippen molar-refractivity contribution in [2.45, 2.75) is 32.6 Å². The van der Waals surface area contributed by atoms with Gasteiger partial charge in [-0.15, -0.1) is 8.78 Å². The van der Waals surface area contributed by atoms with E-state index >= 15 is 0 Å². The molecule has 1 N–H and O–H groups in total. The quantitative estimate of drug-likeness (QED) is 0.599. The van der Waals surface area contributed by atoms with E-state index in [1.165, 1.54) is 13.8 Å². The van der Waals surface area contributed by atoms with Crippen LogP contribution in [0.25, 0.3) is 0 Å². The first-order chi connectivity index (χ1) is 6.44. The molecule has 0 unspecified atom stereocenters. The molecule has 0 saturated heterocycles. The molecule has 0 fully saturated rings. The third kappa shape index (κ3) is 3.38. The Morgan fingerprint density at radius 2 is 1.80 bits per heavy atom. The van der Waals surface area contributed by atoms with Crippen molar-refractivity contribution in [3.63, 3.8) is 0 Å². The Kier molecular flexibility index (Phi) is 3.81. The predicted octanol–water partition coefficient (Wildman–Crippen LogP) is 1.40. The maximum absolute atomic E-state index is 12.6. The fourth-order valence-corrected chi connectivity index (χ4v) is 0.624. The fraction of sp³-hybridized carbons (Fsp3) is 0.857. The highest BCUT2D eigenvalue weighted by Gasteiger charge is 2.51. The molecule has 0 aromatic heterocycles. The molecule has 0 atom stereocenters. The molecule has 15 heavy (non-hydrogen) atoms. The molecule has 5 nitrogen and oxygen atoms in total. The van der Waals surface area contributed by atoms with Crippen LogP contribution in [0.1, 0.15) is 27.2 Å². The molecule has 0 aliphatic rings. The lowest BCUT2D eigenvalue weighted by molar-refractivity contribution is -0.203. The number of ether oxygens (including phenoxy) is 1. The average Bonchev–Trinajstić information content (AvgIpc) is 2.01. The molecule has 0 heterocycles. The lowest BCUT2D eigenvalue weighted by atomic mass is 9.91. The van der Waals surface area contributed by atoms with E-state index in [1.807, 2.05) is 0 Å². The predicted molar refractivity (Wildman–Crippen MR) is 46.7 cm³/mol. The van der Waals surface area contributed by atoms with Crippen molar-refractivity contribution >= 4 is 16.1 Å². The minimum atomic E-state index is -5.74. The standard InChI is InChI=1S/C7H12F2O5S/c1-4-6(2,3)5(10)14-7(8,9)15(11,12)13/h4H2,1-3H3,(H,11,12,13). The van der Waals surface area contributed by atoms with Crippen molar-refractivity contribution in [2.75, 3.05) is 0 Å². The van der Waals surface area contributed by atoms with Crippen molar-refractivity contribution in [1.82, 2.24) is 0 Å². The number of carbonyl (C=O) groups is 1. The second kappa shape index (κ2) is 4.01. The van der Waals surface area contributed by atoms with Crippen molar-refractivity contribution in [3.05, 3.63) is 0 Å². The van der Waals surface area contributed by atoms with Gasteiger partial charge in [-0.25, -0.2) is 0 Å². The van der Waals surface area contributed by atoms with Crippen LogP contribution in [0.4, 0.5) is 8.78 Å². The summed E-state index contributed by atoms with van der Waals surface area (Å²) in [4.78, 5) is 11.1. The number of halogens is 2. The number of hydrogen-bond acceptors (Lipinski definition) is 4. The molecule has 0 aromatic carbocycles. The van der Waals surface area contributed by atoms with Crippen LogP contribution in [0.15, 0.2) is 0 Å². The van der Waals surface area contributed by atoms with E-state index < -0.39 is 26.9 Å². The van der Waals surface area contributed by atoms with Crippen LogP contribution in [0.3, 0.4) is 0 Å². The first-order valence-corrected chi connectivity index (χ1v) is 5.46. The summed E-state index contributed by atoms with van der Waals surface area (Å²) in [5.41, 5.74) is -6.15. The lowest BCUT2D eigenvalue weighted by Gasteiger charge is -2.22. The highest BCUT2D eigenvalue weighted by atomic mass is 32.2. The SMILES string of the molecule is CCC(C)(C)C(=O)OC(F)(F)S(=O)(=O)O. The van der Waals surface area contributed by atoms with Gasteiger partial charge in [0.05, 0.1) is 5.41 Å². The summed E-state index contributed by atoms with van der Waals surface area (Å²) < 4.78 is 56.9. The maximum atomic E-state index is 12.6. The Labute approximate surface area is 86.2 Å². The van der Waals surface area contributed by atoms with Gasteiger partial charge in [0.2, 0.25) is 0 Å². The fourth-order valence-electron chi connectivity index (χ4n) is 0.443. The maximum Gasteiger partial charge on any atom is 0.536 e. The van der Waals surface area contributed by atoms with Gasteiger partial charge < -0.3 is 4.74 Å². The second-order valence-corrected chi connectivity index (χ2v) is 4.99. The van der Waals surface area contributed by atoms with E-state index in [9.17, 15) is 22.0 Å². The first-order valence-electron chi connectivity index (χ1n) is 4.02. The van der Waals surface area contributed by atoms with Crippen LogP contribution in [-0.4, -0.2) is 24.4 Å². The minimum Gasteiger partial charge on any atom is -0.386 e. The van der Waals surface area contributed by atoms with E-state index in [0.29, 0.717) is 0 Å². The van der Waals surface area contributed by atoms with Gasteiger partial charge in [-0.1, -0.05) is 6.92 Å². The van der Waals surface area contributed by atoms with E-state index in [4.69, 9.17) is 4.55 Å². The Morgan fingerprint density at radius 3 is 2.07 bits per heavy atom. The van der Waals surface area contributed by atoms with Gasteiger partial charge in [0.15, 0.2) is 0 Å². The van der Waals surface area contributed by atoms with Crippen molar-refractivity contribution in [3.8, 4) is 0 Å². The third-order valence-electron chi connectivity index (χ3n) is 1.95. The normalized spacial score (nSPS) is 13.7. The Hall–Kier alpha value is -0.760. The number of hydrogen-bond donors (Lipinski definition) is 1. The average molecular weight is 246 g/mol. The molecule has 0 bridgehead atoms. The van der Waals surface area contributed by atoms with Crippen LogP contribution in [0, 0.1) is 5.41 Å². The molecular weight excluding hydrogens is 234 g/mol. The Bertz CT molecular complexity index is 346. The molecule has 0 spiro atoms. The summed E-state index contributed by atoms with van der Waals surface area (Å²) in [5.74, 6) is -1.40. The monoisotopic (exact) mass is 246 g/mol. The highest BCUT2D eigenvalue weighted by Crippen LogP contribution is 2.29. The lowest BCUT2D eigenvalue weighted by Crippen LogP contribution is -2.38. The zero-order chi connectivity index (χ0) is 12.5. The minimum absolute atomic E-state index is 0.188. The van der Waals surface area contributed by atoms with Crippen LogP contribution in [-0.2, 0) is 19.6 Å². The number of alkyl halides is 2. The molecule has 0 aliphatic carbocycles. The molecule has 0 aliphatic heterocycles. The van der Waals surface area contributed by atoms with Crippen molar-refractivity contribution in [2.24, 2.45) is 5.41 Å². The second-order valence-electron chi connectivity index (χ2n) is 3.57. The Balaban J connectivity index is 4.85. The smallest absolute Gasteiger partial charge is 0.386 e. The van der Waals surface area contributed by atoms with Gasteiger partial charge in [0, 0.05) is 0 Å². The Morgan fingerprint density at radius 1 is 1.40 bits per heavy atom. The van der Waals surface area contributed by atoms with Crippen LogP contribution in [0.2, 0.25) is 0 Å². The summed E-state index contributed by atoms with van der Waals surface area (Å²) in [6.45, 7) is 4.18. The number of rotatable bonds is 4. The summed E-state index contributed by atoms with van der Waals surface area (Å²) >= 11 is 0.